The van der Waals surface area contributed by atoms with E-state index in [4.69, 9.17) is 5.73 Å². The largest absolute Gasteiger partial charge is 0.508 e. The van der Waals surface area contributed by atoms with Crippen LogP contribution >= 0.6 is 12.4 Å². The summed E-state index contributed by atoms with van der Waals surface area (Å²) < 4.78 is 0. The molecule has 0 saturated heterocycles. The van der Waals surface area contributed by atoms with Gasteiger partial charge in [-0.2, -0.15) is 0 Å². The number of halogens is 1. The quantitative estimate of drug-likeness (QED) is 0.886. The lowest BCUT2D eigenvalue weighted by atomic mass is 9.95. The fourth-order valence-electron chi connectivity index (χ4n) is 2.50. The molecule has 2 aromatic rings. The van der Waals surface area contributed by atoms with Gasteiger partial charge in [-0.3, -0.25) is 0 Å². The van der Waals surface area contributed by atoms with Crippen molar-refractivity contribution in [2.75, 3.05) is 0 Å². The first-order chi connectivity index (χ1) is 8.25. The number of hydrogen-bond acceptors (Lipinski definition) is 2. The molecule has 0 aromatic heterocycles. The molecule has 18 heavy (non-hydrogen) atoms. The Morgan fingerprint density at radius 1 is 1.17 bits per heavy atom. The van der Waals surface area contributed by atoms with Gasteiger partial charge in [0.1, 0.15) is 5.75 Å². The molecule has 96 valence electrons. The normalized spacial score (nSPS) is 16.3. The lowest BCUT2D eigenvalue weighted by molar-refractivity contribution is 0.457. The highest BCUT2D eigenvalue weighted by atomic mass is 35.5. The van der Waals surface area contributed by atoms with Crippen molar-refractivity contribution in [2.45, 2.75) is 25.3 Å². The number of benzene rings is 2. The van der Waals surface area contributed by atoms with E-state index in [1.807, 2.05) is 24.3 Å². The van der Waals surface area contributed by atoms with Crippen LogP contribution in [0.5, 0.6) is 5.75 Å². The molecular weight excluding hydrogens is 246 g/mol. The van der Waals surface area contributed by atoms with E-state index in [0.717, 1.165) is 28.7 Å². The monoisotopic (exact) mass is 263 g/mol. The molecule has 0 bridgehead atoms. The zero-order valence-corrected chi connectivity index (χ0v) is 11.0. The van der Waals surface area contributed by atoms with E-state index < -0.39 is 0 Å². The molecule has 1 fully saturated rings. The number of nitrogens with two attached hydrogens (primary N) is 1. The Bertz CT molecular complexity index is 551. The minimum absolute atomic E-state index is 0. The van der Waals surface area contributed by atoms with Gasteiger partial charge in [-0.1, -0.05) is 43.2 Å². The highest BCUT2D eigenvalue weighted by Gasteiger charge is 2.26. The Balaban J connectivity index is 0.00000120. The highest BCUT2D eigenvalue weighted by molar-refractivity contribution is 5.88. The van der Waals surface area contributed by atoms with Crippen LogP contribution in [0.15, 0.2) is 36.4 Å². The summed E-state index contributed by atoms with van der Waals surface area (Å²) in [6.45, 7) is 0. The molecular formula is C15H18ClNO. The molecule has 0 amide bonds. The fraction of sp³-hybridized carbons (Fsp3) is 0.333. The van der Waals surface area contributed by atoms with Crippen molar-refractivity contribution in [1.82, 2.24) is 0 Å². The molecule has 0 spiro atoms. The molecule has 3 heteroatoms. The molecule has 1 saturated carbocycles. The summed E-state index contributed by atoms with van der Waals surface area (Å²) in [6.07, 6.45) is 3.57. The van der Waals surface area contributed by atoms with Gasteiger partial charge in [0.2, 0.25) is 0 Å². The predicted molar refractivity (Wildman–Crippen MR) is 77.1 cm³/mol. The maximum absolute atomic E-state index is 10.0. The zero-order chi connectivity index (χ0) is 11.8. The smallest absolute Gasteiger partial charge is 0.120 e. The summed E-state index contributed by atoms with van der Waals surface area (Å²) in [5.74, 6) is 1.10. The van der Waals surface area contributed by atoms with Gasteiger partial charge >= 0.3 is 0 Å². The van der Waals surface area contributed by atoms with Crippen molar-refractivity contribution in [2.24, 2.45) is 11.7 Å². The molecule has 2 aromatic carbocycles. The van der Waals surface area contributed by atoms with Crippen LogP contribution < -0.4 is 5.73 Å². The molecule has 3 N–H and O–H groups in total. The Labute approximate surface area is 113 Å². The fourth-order valence-corrected chi connectivity index (χ4v) is 2.50. The SMILES string of the molecule is Cl.N[C@@H](CC1CC1)c1c(O)ccc2ccccc12. The third-order valence-electron chi connectivity index (χ3n) is 3.60. The van der Waals surface area contributed by atoms with E-state index in [-0.39, 0.29) is 18.4 Å². The standard InChI is InChI=1S/C15H17NO.ClH/c16-13(9-10-5-6-10)15-12-4-2-1-3-11(12)7-8-14(15)17;/h1-4,7-8,10,13,17H,5-6,9,16H2;1H/t13-;/m0./s1. The van der Waals surface area contributed by atoms with Crippen molar-refractivity contribution in [3.63, 3.8) is 0 Å². The first-order valence-electron chi connectivity index (χ1n) is 6.22. The molecule has 1 atom stereocenters. The second kappa shape index (κ2) is 5.17. The average molecular weight is 264 g/mol. The Kier molecular flexibility index (Phi) is 3.79. The van der Waals surface area contributed by atoms with Crippen LogP contribution in [0, 0.1) is 5.92 Å². The number of rotatable bonds is 3. The lowest BCUT2D eigenvalue weighted by Gasteiger charge is -2.16. The van der Waals surface area contributed by atoms with Gasteiger partial charge in [0, 0.05) is 11.6 Å². The van der Waals surface area contributed by atoms with Gasteiger partial charge in [0.25, 0.3) is 0 Å². The first kappa shape index (κ1) is 13.2. The Morgan fingerprint density at radius 2 is 1.89 bits per heavy atom. The van der Waals surface area contributed by atoms with Crippen molar-refractivity contribution in [3.8, 4) is 5.75 Å². The van der Waals surface area contributed by atoms with E-state index in [9.17, 15) is 5.11 Å². The number of phenols is 1. The first-order valence-corrected chi connectivity index (χ1v) is 6.22. The van der Waals surface area contributed by atoms with Crippen LogP contribution in [0.25, 0.3) is 10.8 Å². The third kappa shape index (κ3) is 2.45. The Hall–Kier alpha value is -1.25. The minimum Gasteiger partial charge on any atom is -0.508 e. The summed E-state index contributed by atoms with van der Waals surface area (Å²) in [5, 5.41) is 12.3. The molecule has 1 aliphatic rings. The molecule has 0 heterocycles. The van der Waals surface area contributed by atoms with Crippen molar-refractivity contribution < 1.29 is 5.11 Å². The molecule has 0 unspecified atom stereocenters. The second-order valence-corrected chi connectivity index (χ2v) is 5.01. The van der Waals surface area contributed by atoms with Gasteiger partial charge in [-0.05, 0) is 29.2 Å². The summed E-state index contributed by atoms with van der Waals surface area (Å²) >= 11 is 0. The number of hydrogen-bond donors (Lipinski definition) is 2. The highest BCUT2D eigenvalue weighted by Crippen LogP contribution is 2.40. The lowest BCUT2D eigenvalue weighted by Crippen LogP contribution is -2.11. The van der Waals surface area contributed by atoms with E-state index in [1.165, 1.54) is 12.8 Å². The summed E-state index contributed by atoms with van der Waals surface area (Å²) in [4.78, 5) is 0. The molecule has 0 aliphatic heterocycles. The summed E-state index contributed by atoms with van der Waals surface area (Å²) in [6, 6.07) is 11.8. The molecule has 2 nitrogen and oxygen atoms in total. The second-order valence-electron chi connectivity index (χ2n) is 5.01. The summed E-state index contributed by atoms with van der Waals surface area (Å²) in [5.41, 5.74) is 7.15. The van der Waals surface area contributed by atoms with Crippen LogP contribution in [0.1, 0.15) is 30.9 Å². The van der Waals surface area contributed by atoms with Gasteiger partial charge in [0.15, 0.2) is 0 Å². The van der Waals surface area contributed by atoms with E-state index >= 15 is 0 Å². The van der Waals surface area contributed by atoms with Gasteiger partial charge in [-0.15, -0.1) is 12.4 Å². The Morgan fingerprint density at radius 3 is 2.61 bits per heavy atom. The minimum atomic E-state index is -0.0476. The number of phenolic OH excluding ortho intramolecular Hbond substituents is 1. The molecule has 3 rings (SSSR count). The average Bonchev–Trinajstić information content (AvgIpc) is 3.12. The molecule has 0 radical (unpaired) electrons. The molecule has 1 aliphatic carbocycles. The van der Waals surface area contributed by atoms with Gasteiger partial charge in [-0.25, -0.2) is 0 Å². The van der Waals surface area contributed by atoms with Crippen LogP contribution in [0.3, 0.4) is 0 Å². The number of aromatic hydroxyl groups is 1. The van der Waals surface area contributed by atoms with Crippen molar-refractivity contribution in [1.29, 1.82) is 0 Å². The van der Waals surface area contributed by atoms with E-state index in [2.05, 4.69) is 6.07 Å². The van der Waals surface area contributed by atoms with Crippen LogP contribution in [-0.4, -0.2) is 5.11 Å². The maximum atomic E-state index is 10.0. The number of fused-ring (bicyclic) bond motifs is 1. The van der Waals surface area contributed by atoms with Crippen LogP contribution in [0.2, 0.25) is 0 Å². The predicted octanol–water partition coefficient (Wildman–Crippen LogP) is 3.77. The van der Waals surface area contributed by atoms with Crippen LogP contribution in [0.4, 0.5) is 0 Å². The van der Waals surface area contributed by atoms with Gasteiger partial charge < -0.3 is 10.8 Å². The van der Waals surface area contributed by atoms with E-state index in [1.54, 1.807) is 6.07 Å². The summed E-state index contributed by atoms with van der Waals surface area (Å²) in [7, 11) is 0. The van der Waals surface area contributed by atoms with Crippen molar-refractivity contribution in [3.05, 3.63) is 42.0 Å². The van der Waals surface area contributed by atoms with Crippen molar-refractivity contribution >= 4 is 23.2 Å². The maximum Gasteiger partial charge on any atom is 0.120 e. The van der Waals surface area contributed by atoms with E-state index in [0.29, 0.717) is 5.75 Å². The van der Waals surface area contributed by atoms with Crippen LogP contribution in [-0.2, 0) is 0 Å². The topological polar surface area (TPSA) is 46.2 Å². The zero-order valence-electron chi connectivity index (χ0n) is 10.2. The third-order valence-corrected chi connectivity index (χ3v) is 3.60. The van der Waals surface area contributed by atoms with Gasteiger partial charge in [0.05, 0.1) is 0 Å².